The molecule has 0 bridgehead atoms. The molecule has 2 heterocycles. The summed E-state index contributed by atoms with van der Waals surface area (Å²) in [6.07, 6.45) is 0.326. The number of ketones is 1. The number of aryl methyl sites for hydroxylation is 1. The lowest BCUT2D eigenvalue weighted by Gasteiger charge is -2.26. The van der Waals surface area contributed by atoms with Crippen LogP contribution in [0.2, 0.25) is 0 Å². The molecule has 0 radical (unpaired) electrons. The maximum atomic E-state index is 12.8. The van der Waals surface area contributed by atoms with Crippen LogP contribution in [0.25, 0.3) is 0 Å². The second kappa shape index (κ2) is 15.3. The number of ether oxygens (including phenoxy) is 2. The molecule has 0 saturated carbocycles. The monoisotopic (exact) mass is 568 g/mol. The number of hydrogen-bond acceptors (Lipinski definition) is 8. The van der Waals surface area contributed by atoms with Crippen LogP contribution in [0, 0.1) is 6.92 Å². The van der Waals surface area contributed by atoms with Crippen LogP contribution in [0.15, 0.2) is 54.6 Å². The molecule has 2 aliphatic heterocycles. The highest BCUT2D eigenvalue weighted by Gasteiger charge is 2.50. The number of hydrogen-bond donors (Lipinski definition) is 4. The van der Waals surface area contributed by atoms with Crippen LogP contribution in [-0.4, -0.2) is 97.2 Å². The number of aromatic hydroxyl groups is 1. The fourth-order valence-electron chi connectivity index (χ4n) is 4.10. The molecule has 222 valence electrons. The number of nitrogens with one attached hydrogen (secondary N) is 3. The van der Waals surface area contributed by atoms with Gasteiger partial charge in [0.15, 0.2) is 5.78 Å². The molecule has 3 unspecified atom stereocenters. The third-order valence-electron chi connectivity index (χ3n) is 6.73. The van der Waals surface area contributed by atoms with E-state index in [1.165, 1.54) is 5.56 Å². The van der Waals surface area contributed by atoms with E-state index in [0.717, 1.165) is 5.56 Å². The first-order valence-electron chi connectivity index (χ1n) is 13.7. The lowest BCUT2D eigenvalue weighted by atomic mass is 9.95. The molecule has 3 amide bonds. The smallest absolute Gasteiger partial charge is 0.242 e. The van der Waals surface area contributed by atoms with Crippen molar-refractivity contribution in [2.75, 3.05) is 46.0 Å². The number of carbonyl (C=O) groups excluding carboxylic acids is 4. The Morgan fingerprint density at radius 1 is 0.976 bits per heavy atom. The Morgan fingerprint density at radius 2 is 1.61 bits per heavy atom. The van der Waals surface area contributed by atoms with Crippen molar-refractivity contribution in [2.24, 2.45) is 0 Å². The van der Waals surface area contributed by atoms with Gasteiger partial charge in [0.1, 0.15) is 17.4 Å². The third kappa shape index (κ3) is 10.9. The van der Waals surface area contributed by atoms with Crippen molar-refractivity contribution in [3.8, 4) is 5.75 Å². The van der Waals surface area contributed by atoms with Crippen LogP contribution < -0.4 is 16.0 Å². The number of epoxide rings is 1. The number of nitrogens with zero attached hydrogens (tertiary/aromatic N) is 1. The number of benzene rings is 2. The highest BCUT2D eigenvalue weighted by Crippen LogP contribution is 2.29. The first kappa shape index (κ1) is 31.7. The van der Waals surface area contributed by atoms with E-state index >= 15 is 0 Å². The molecule has 2 aromatic rings. The molecule has 4 rings (SSSR count). The highest BCUT2D eigenvalue weighted by molar-refractivity contribution is 5.97. The van der Waals surface area contributed by atoms with Gasteiger partial charge in [-0.15, -0.1) is 0 Å². The average molecular weight is 569 g/mol. The van der Waals surface area contributed by atoms with Crippen LogP contribution in [0.5, 0.6) is 5.75 Å². The molecule has 11 heteroatoms. The zero-order valence-corrected chi connectivity index (χ0v) is 23.9. The standard InChI is InChI=1S/C23H32N4O6.C7H8O/c1-16(25-20(29)14-27-8-10-32-11-9-27)22(31)24-13-19(28)26-18(21(30)23(2)15-33-23)12-17-6-4-3-5-7-17;1-6-2-4-7(8)5-3-6/h3-7,16,18H,8-15H2,1-2H3,(H,24,31)(H,25,29)(H,26,28);2-5,8H,1H3. The minimum atomic E-state index is -0.880. The molecule has 2 fully saturated rings. The van der Waals surface area contributed by atoms with Crippen molar-refractivity contribution in [2.45, 2.75) is 44.9 Å². The zero-order valence-electron chi connectivity index (χ0n) is 23.9. The van der Waals surface area contributed by atoms with Gasteiger partial charge in [-0.2, -0.15) is 0 Å². The van der Waals surface area contributed by atoms with Crippen molar-refractivity contribution >= 4 is 23.5 Å². The Kier molecular flexibility index (Phi) is 11.8. The SMILES string of the molecule is CC(NC(=O)CN1CCOCC1)C(=O)NCC(=O)NC(Cc1ccccc1)C(=O)C1(C)CO1.Cc1ccc(O)cc1. The van der Waals surface area contributed by atoms with E-state index < -0.39 is 29.5 Å². The second-order valence-electron chi connectivity index (χ2n) is 10.4. The maximum absolute atomic E-state index is 12.8. The number of Topliss-reactive ketones (excluding diaryl/α,β-unsaturated/α-hetero) is 1. The molecular formula is C30H40N4O7. The summed E-state index contributed by atoms with van der Waals surface area (Å²) in [5.41, 5.74) is 1.19. The van der Waals surface area contributed by atoms with E-state index in [2.05, 4.69) is 16.0 Å². The normalized spacial score (nSPS) is 19.5. The lowest BCUT2D eigenvalue weighted by Crippen LogP contribution is -2.53. The van der Waals surface area contributed by atoms with E-state index in [1.54, 1.807) is 26.0 Å². The van der Waals surface area contributed by atoms with E-state index in [4.69, 9.17) is 14.6 Å². The molecule has 2 saturated heterocycles. The van der Waals surface area contributed by atoms with E-state index in [-0.39, 0.29) is 24.8 Å². The predicted octanol–water partition coefficient (Wildman–Crippen LogP) is 0.726. The van der Waals surface area contributed by atoms with Crippen LogP contribution in [0.1, 0.15) is 25.0 Å². The summed E-state index contributed by atoms with van der Waals surface area (Å²) >= 11 is 0. The largest absolute Gasteiger partial charge is 0.508 e. The Labute approximate surface area is 240 Å². The number of phenolic OH excluding ortho intramolecular Hbond substituents is 1. The molecule has 2 aliphatic rings. The summed E-state index contributed by atoms with van der Waals surface area (Å²) in [6.45, 7) is 7.94. The second-order valence-corrected chi connectivity index (χ2v) is 10.4. The average Bonchev–Trinajstić information content (AvgIpc) is 3.72. The van der Waals surface area contributed by atoms with Crippen molar-refractivity contribution in [1.82, 2.24) is 20.9 Å². The van der Waals surface area contributed by atoms with Gasteiger partial charge in [-0.25, -0.2) is 0 Å². The maximum Gasteiger partial charge on any atom is 0.242 e. The summed E-state index contributed by atoms with van der Waals surface area (Å²) in [6, 6.07) is 14.9. The van der Waals surface area contributed by atoms with Gasteiger partial charge in [-0.3, -0.25) is 24.1 Å². The summed E-state index contributed by atoms with van der Waals surface area (Å²) < 4.78 is 10.5. The fourth-order valence-corrected chi connectivity index (χ4v) is 4.10. The lowest BCUT2D eigenvalue weighted by molar-refractivity contribution is -0.132. The minimum absolute atomic E-state index is 0.186. The number of morpholine rings is 1. The predicted molar refractivity (Wildman–Crippen MR) is 152 cm³/mol. The van der Waals surface area contributed by atoms with Gasteiger partial charge >= 0.3 is 0 Å². The molecule has 2 aromatic carbocycles. The van der Waals surface area contributed by atoms with E-state index in [9.17, 15) is 19.2 Å². The van der Waals surface area contributed by atoms with Crippen molar-refractivity contribution in [3.63, 3.8) is 0 Å². The topological polar surface area (TPSA) is 150 Å². The van der Waals surface area contributed by atoms with Crippen LogP contribution >= 0.6 is 0 Å². The van der Waals surface area contributed by atoms with Gasteiger partial charge in [-0.1, -0.05) is 48.0 Å². The molecule has 11 nitrogen and oxygen atoms in total. The van der Waals surface area contributed by atoms with Crippen LogP contribution in [-0.2, 0) is 35.1 Å². The number of amides is 3. The Balaban J connectivity index is 0.000000496. The highest BCUT2D eigenvalue weighted by atomic mass is 16.6. The summed E-state index contributed by atoms with van der Waals surface area (Å²) in [7, 11) is 0. The fraction of sp³-hybridized carbons (Fsp3) is 0.467. The zero-order chi connectivity index (χ0) is 29.8. The number of carbonyl (C=O) groups is 4. The Morgan fingerprint density at radius 3 is 2.20 bits per heavy atom. The van der Waals surface area contributed by atoms with Crippen LogP contribution in [0.3, 0.4) is 0 Å². The van der Waals surface area contributed by atoms with Gasteiger partial charge in [0.25, 0.3) is 0 Å². The summed E-state index contributed by atoms with van der Waals surface area (Å²) in [5.74, 6) is -1.11. The van der Waals surface area contributed by atoms with Gasteiger partial charge < -0.3 is 30.5 Å². The molecule has 0 aromatic heterocycles. The van der Waals surface area contributed by atoms with Gasteiger partial charge in [-0.05, 0) is 44.9 Å². The van der Waals surface area contributed by atoms with Crippen molar-refractivity contribution in [1.29, 1.82) is 0 Å². The van der Waals surface area contributed by atoms with Crippen molar-refractivity contribution < 1.29 is 33.8 Å². The Bertz CT molecular complexity index is 1140. The third-order valence-corrected chi connectivity index (χ3v) is 6.73. The number of rotatable bonds is 11. The molecule has 3 atom stereocenters. The summed E-state index contributed by atoms with van der Waals surface area (Å²) in [5, 5.41) is 16.6. The first-order chi connectivity index (χ1) is 19.6. The van der Waals surface area contributed by atoms with Crippen molar-refractivity contribution in [3.05, 3.63) is 65.7 Å². The molecular weight excluding hydrogens is 528 g/mol. The van der Waals surface area contributed by atoms with Crippen LogP contribution in [0.4, 0.5) is 0 Å². The van der Waals surface area contributed by atoms with Gasteiger partial charge in [0.2, 0.25) is 17.7 Å². The Hall–Kier alpha value is -3.80. The van der Waals surface area contributed by atoms with E-state index in [1.807, 2.05) is 54.3 Å². The van der Waals surface area contributed by atoms with E-state index in [0.29, 0.717) is 45.1 Å². The minimum Gasteiger partial charge on any atom is -0.508 e. The molecule has 0 aliphatic carbocycles. The number of phenols is 1. The molecule has 0 spiro atoms. The molecule has 4 N–H and O–H groups in total. The van der Waals surface area contributed by atoms with Gasteiger partial charge in [0.05, 0.1) is 39.0 Å². The molecule has 41 heavy (non-hydrogen) atoms. The first-order valence-corrected chi connectivity index (χ1v) is 13.7. The summed E-state index contributed by atoms with van der Waals surface area (Å²) in [4.78, 5) is 51.7. The van der Waals surface area contributed by atoms with Gasteiger partial charge in [0, 0.05) is 13.1 Å². The quantitative estimate of drug-likeness (QED) is 0.290.